The number of carbonyl (C=O) groups excluding carboxylic acids is 2. The van der Waals surface area contributed by atoms with Gasteiger partial charge in [-0.1, -0.05) is 26.7 Å². The second kappa shape index (κ2) is 13.4. The predicted molar refractivity (Wildman–Crippen MR) is 74.8 cm³/mol. The van der Waals surface area contributed by atoms with Crippen LogP contribution in [0.3, 0.4) is 0 Å². The van der Waals surface area contributed by atoms with Crippen molar-refractivity contribution < 1.29 is 19.1 Å². The Balaban J connectivity index is 3.22. The molecule has 4 heteroatoms. The van der Waals surface area contributed by atoms with Gasteiger partial charge in [-0.25, -0.2) is 0 Å². The molecule has 0 aliphatic heterocycles. The van der Waals surface area contributed by atoms with E-state index >= 15 is 0 Å². The predicted octanol–water partition coefficient (Wildman–Crippen LogP) is 3.62. The van der Waals surface area contributed by atoms with E-state index in [9.17, 15) is 9.59 Å². The Morgan fingerprint density at radius 3 is 1.47 bits per heavy atom. The van der Waals surface area contributed by atoms with E-state index in [0.717, 1.165) is 44.9 Å². The van der Waals surface area contributed by atoms with Gasteiger partial charge in [0.05, 0.1) is 13.2 Å². The molecule has 4 nitrogen and oxygen atoms in total. The van der Waals surface area contributed by atoms with Crippen LogP contribution in [-0.2, 0) is 19.1 Å². The monoisotopic (exact) mass is 272 g/mol. The number of hydrogen-bond donors (Lipinski definition) is 0. The molecule has 0 aliphatic rings. The zero-order valence-corrected chi connectivity index (χ0v) is 12.4. The van der Waals surface area contributed by atoms with Crippen LogP contribution in [0.4, 0.5) is 0 Å². The molecular weight excluding hydrogens is 244 g/mol. The highest BCUT2D eigenvalue weighted by Crippen LogP contribution is 2.02. The number of ether oxygens (including phenoxy) is 2. The minimum Gasteiger partial charge on any atom is -0.466 e. The summed E-state index contributed by atoms with van der Waals surface area (Å²) in [5, 5.41) is 0. The Morgan fingerprint density at radius 1 is 0.684 bits per heavy atom. The molecule has 0 unspecified atom stereocenters. The van der Waals surface area contributed by atoms with Crippen molar-refractivity contribution in [2.24, 2.45) is 0 Å². The van der Waals surface area contributed by atoms with Crippen LogP contribution in [0.1, 0.15) is 71.6 Å². The molecule has 0 aromatic rings. The van der Waals surface area contributed by atoms with E-state index in [0.29, 0.717) is 26.1 Å². The van der Waals surface area contributed by atoms with Gasteiger partial charge in [0.2, 0.25) is 0 Å². The van der Waals surface area contributed by atoms with E-state index in [4.69, 9.17) is 9.47 Å². The van der Waals surface area contributed by atoms with Gasteiger partial charge in [0, 0.05) is 12.8 Å². The molecule has 0 atom stereocenters. The van der Waals surface area contributed by atoms with Gasteiger partial charge in [-0.05, 0) is 32.1 Å². The van der Waals surface area contributed by atoms with Crippen LogP contribution >= 0.6 is 0 Å². The fourth-order valence-electron chi connectivity index (χ4n) is 1.54. The average Bonchev–Trinajstić information content (AvgIpc) is 2.41. The molecule has 0 bridgehead atoms. The van der Waals surface area contributed by atoms with Gasteiger partial charge in [0.1, 0.15) is 0 Å². The molecule has 0 rings (SSSR count). The minimum absolute atomic E-state index is 0.104. The third-order valence-corrected chi connectivity index (χ3v) is 2.78. The van der Waals surface area contributed by atoms with Crippen LogP contribution in [0, 0.1) is 0 Å². The summed E-state index contributed by atoms with van der Waals surface area (Å²) in [6.07, 6.45) is 7.45. The first kappa shape index (κ1) is 17.9. The molecule has 0 saturated heterocycles. The zero-order valence-electron chi connectivity index (χ0n) is 12.4. The molecule has 0 radical (unpaired) electrons. The van der Waals surface area contributed by atoms with E-state index in [-0.39, 0.29) is 11.9 Å². The maximum atomic E-state index is 11.2. The lowest BCUT2D eigenvalue weighted by atomic mass is 10.2. The van der Waals surface area contributed by atoms with Crippen LogP contribution in [0.25, 0.3) is 0 Å². The summed E-state index contributed by atoms with van der Waals surface area (Å²) in [5.41, 5.74) is 0. The van der Waals surface area contributed by atoms with Crippen molar-refractivity contribution >= 4 is 11.9 Å². The molecule has 0 aliphatic carbocycles. The topological polar surface area (TPSA) is 52.6 Å². The third kappa shape index (κ3) is 13.2. The van der Waals surface area contributed by atoms with Crippen molar-refractivity contribution in [2.75, 3.05) is 13.2 Å². The lowest BCUT2D eigenvalue weighted by Gasteiger charge is -2.05. The highest BCUT2D eigenvalue weighted by molar-refractivity contribution is 5.69. The van der Waals surface area contributed by atoms with E-state index in [1.165, 1.54) is 0 Å². The SMILES string of the molecule is CCCCC(=O)OCCCCCOC(=O)CCCC. The molecule has 0 heterocycles. The first-order chi connectivity index (χ1) is 9.20. The van der Waals surface area contributed by atoms with E-state index in [1.807, 2.05) is 0 Å². The van der Waals surface area contributed by atoms with E-state index in [2.05, 4.69) is 13.8 Å². The van der Waals surface area contributed by atoms with Gasteiger partial charge < -0.3 is 9.47 Å². The Morgan fingerprint density at radius 2 is 1.11 bits per heavy atom. The van der Waals surface area contributed by atoms with E-state index in [1.54, 1.807) is 0 Å². The summed E-state index contributed by atoms with van der Waals surface area (Å²) in [6.45, 7) is 5.06. The maximum Gasteiger partial charge on any atom is 0.305 e. The molecule has 0 spiro atoms. The van der Waals surface area contributed by atoms with Crippen molar-refractivity contribution in [1.29, 1.82) is 0 Å². The number of esters is 2. The molecule has 0 N–H and O–H groups in total. The van der Waals surface area contributed by atoms with Gasteiger partial charge >= 0.3 is 11.9 Å². The lowest BCUT2D eigenvalue weighted by Crippen LogP contribution is -2.07. The van der Waals surface area contributed by atoms with Crippen LogP contribution in [0.5, 0.6) is 0 Å². The quantitative estimate of drug-likeness (QED) is 0.402. The van der Waals surface area contributed by atoms with Crippen molar-refractivity contribution in [1.82, 2.24) is 0 Å². The summed E-state index contributed by atoms with van der Waals surface area (Å²) in [4.78, 5) is 22.4. The minimum atomic E-state index is -0.104. The third-order valence-electron chi connectivity index (χ3n) is 2.78. The van der Waals surface area contributed by atoms with Crippen LogP contribution < -0.4 is 0 Å². The largest absolute Gasteiger partial charge is 0.466 e. The highest BCUT2D eigenvalue weighted by atomic mass is 16.5. The summed E-state index contributed by atoms with van der Waals surface area (Å²) < 4.78 is 10.2. The maximum absolute atomic E-state index is 11.2. The summed E-state index contributed by atoms with van der Waals surface area (Å²) in [7, 11) is 0. The van der Waals surface area contributed by atoms with Crippen molar-refractivity contribution in [3.63, 3.8) is 0 Å². The number of unbranched alkanes of at least 4 members (excludes halogenated alkanes) is 4. The standard InChI is InChI=1S/C15H28O4/c1-3-5-10-14(16)18-12-8-7-9-13-19-15(17)11-6-4-2/h3-13H2,1-2H3. The Hall–Kier alpha value is -1.06. The Labute approximate surface area is 116 Å². The Bertz CT molecular complexity index is 214. The fraction of sp³-hybridized carbons (Fsp3) is 0.867. The number of carbonyl (C=O) groups is 2. The van der Waals surface area contributed by atoms with Gasteiger partial charge in [0.15, 0.2) is 0 Å². The van der Waals surface area contributed by atoms with Crippen LogP contribution in [0.2, 0.25) is 0 Å². The molecule has 0 amide bonds. The summed E-state index contributed by atoms with van der Waals surface area (Å²) in [6, 6.07) is 0. The van der Waals surface area contributed by atoms with Crippen molar-refractivity contribution in [2.45, 2.75) is 71.6 Å². The molecule has 19 heavy (non-hydrogen) atoms. The van der Waals surface area contributed by atoms with E-state index < -0.39 is 0 Å². The lowest BCUT2D eigenvalue weighted by molar-refractivity contribution is -0.144. The van der Waals surface area contributed by atoms with Gasteiger partial charge in [-0.15, -0.1) is 0 Å². The van der Waals surface area contributed by atoms with Gasteiger partial charge in [-0.3, -0.25) is 9.59 Å². The number of rotatable bonds is 12. The van der Waals surface area contributed by atoms with Crippen molar-refractivity contribution in [3.05, 3.63) is 0 Å². The normalized spacial score (nSPS) is 10.2. The summed E-state index contributed by atoms with van der Waals surface area (Å²) >= 11 is 0. The molecule has 112 valence electrons. The second-order valence-electron chi connectivity index (χ2n) is 4.71. The average molecular weight is 272 g/mol. The van der Waals surface area contributed by atoms with Crippen molar-refractivity contribution in [3.8, 4) is 0 Å². The molecular formula is C15H28O4. The van der Waals surface area contributed by atoms with Gasteiger partial charge in [-0.2, -0.15) is 0 Å². The second-order valence-corrected chi connectivity index (χ2v) is 4.71. The number of hydrogen-bond acceptors (Lipinski definition) is 4. The molecule has 0 aromatic carbocycles. The fourth-order valence-corrected chi connectivity index (χ4v) is 1.54. The Kier molecular flexibility index (Phi) is 12.6. The van der Waals surface area contributed by atoms with Crippen LogP contribution in [0.15, 0.2) is 0 Å². The first-order valence-electron chi connectivity index (χ1n) is 7.52. The summed E-state index contributed by atoms with van der Waals surface area (Å²) in [5.74, 6) is -0.208. The molecule has 0 fully saturated rings. The molecule has 0 saturated carbocycles. The van der Waals surface area contributed by atoms with Crippen LogP contribution in [-0.4, -0.2) is 25.2 Å². The first-order valence-corrected chi connectivity index (χ1v) is 7.52. The highest BCUT2D eigenvalue weighted by Gasteiger charge is 2.02. The van der Waals surface area contributed by atoms with Gasteiger partial charge in [0.25, 0.3) is 0 Å². The molecule has 0 aromatic heterocycles. The zero-order chi connectivity index (χ0) is 14.3. The smallest absolute Gasteiger partial charge is 0.305 e.